The Morgan fingerprint density at radius 3 is 2.94 bits per heavy atom. The first-order valence-electron chi connectivity index (χ1n) is 5.79. The maximum absolute atomic E-state index is 9.44. The first-order valence-corrected chi connectivity index (χ1v) is 5.79. The second-order valence-corrected chi connectivity index (χ2v) is 3.99. The predicted octanol–water partition coefficient (Wildman–Crippen LogP) is 0.869. The van der Waals surface area contributed by atoms with Gasteiger partial charge in [0.2, 0.25) is 5.95 Å². The van der Waals surface area contributed by atoms with Gasteiger partial charge in [-0.25, -0.2) is 4.98 Å². The fraction of sp³-hybridized carbons (Fsp3) is 0.636. The summed E-state index contributed by atoms with van der Waals surface area (Å²) in [6, 6.07) is 1.92. The highest BCUT2D eigenvalue weighted by molar-refractivity contribution is 5.42. The van der Waals surface area contributed by atoms with Crippen LogP contribution in [-0.2, 0) is 0 Å². The molecule has 0 aliphatic carbocycles. The fourth-order valence-corrected chi connectivity index (χ4v) is 1.86. The van der Waals surface area contributed by atoms with E-state index in [1.165, 1.54) is 0 Å². The highest BCUT2D eigenvalue weighted by atomic mass is 16.3. The summed E-state index contributed by atoms with van der Waals surface area (Å²) in [6.07, 6.45) is 3.26. The van der Waals surface area contributed by atoms with Crippen LogP contribution in [0, 0.1) is 0 Å². The van der Waals surface area contributed by atoms with Gasteiger partial charge in [0.25, 0.3) is 0 Å². The third kappa shape index (κ3) is 2.61. The Kier molecular flexibility index (Phi) is 3.56. The summed E-state index contributed by atoms with van der Waals surface area (Å²) in [5.41, 5.74) is 0. The van der Waals surface area contributed by atoms with E-state index < -0.39 is 0 Å². The average molecular weight is 222 g/mol. The van der Waals surface area contributed by atoms with Crippen LogP contribution in [0.1, 0.15) is 19.8 Å². The summed E-state index contributed by atoms with van der Waals surface area (Å²) in [5.74, 6) is 1.61. The number of anilines is 2. The first-order chi connectivity index (χ1) is 7.79. The van der Waals surface area contributed by atoms with Crippen molar-refractivity contribution in [3.05, 3.63) is 12.3 Å². The van der Waals surface area contributed by atoms with Gasteiger partial charge in [0.05, 0.1) is 6.10 Å². The molecule has 1 saturated heterocycles. The minimum atomic E-state index is -0.147. The van der Waals surface area contributed by atoms with Gasteiger partial charge in [-0.05, 0) is 25.8 Å². The van der Waals surface area contributed by atoms with Crippen LogP contribution in [0.15, 0.2) is 12.3 Å². The number of aliphatic hydroxyl groups is 1. The summed E-state index contributed by atoms with van der Waals surface area (Å²) in [6.45, 7) is 4.57. The monoisotopic (exact) mass is 222 g/mol. The topological polar surface area (TPSA) is 61.3 Å². The van der Waals surface area contributed by atoms with Crippen molar-refractivity contribution in [1.82, 2.24) is 9.97 Å². The van der Waals surface area contributed by atoms with Crippen molar-refractivity contribution in [3.63, 3.8) is 0 Å². The molecular formula is C11H18N4O. The first kappa shape index (κ1) is 11.1. The van der Waals surface area contributed by atoms with Gasteiger partial charge in [-0.1, -0.05) is 0 Å². The second kappa shape index (κ2) is 5.12. The molecule has 2 rings (SSSR count). The molecule has 2 N–H and O–H groups in total. The molecule has 5 nitrogen and oxygen atoms in total. The molecule has 0 amide bonds. The Morgan fingerprint density at radius 1 is 1.50 bits per heavy atom. The number of hydrogen-bond donors (Lipinski definition) is 2. The highest BCUT2D eigenvalue weighted by Crippen LogP contribution is 2.18. The Hall–Kier alpha value is -1.36. The predicted molar refractivity (Wildman–Crippen MR) is 63.6 cm³/mol. The third-order valence-electron chi connectivity index (χ3n) is 2.76. The molecule has 0 bridgehead atoms. The van der Waals surface area contributed by atoms with Crippen LogP contribution in [0.5, 0.6) is 0 Å². The van der Waals surface area contributed by atoms with Crippen molar-refractivity contribution in [2.45, 2.75) is 25.9 Å². The molecule has 0 unspecified atom stereocenters. The number of rotatable bonds is 3. The van der Waals surface area contributed by atoms with E-state index in [2.05, 4.69) is 20.2 Å². The third-order valence-corrected chi connectivity index (χ3v) is 2.76. The van der Waals surface area contributed by atoms with E-state index in [1.807, 2.05) is 13.0 Å². The number of piperidine rings is 1. The lowest BCUT2D eigenvalue weighted by molar-refractivity contribution is 0.145. The SMILES string of the molecule is CCNc1nccc(N2CCC(O)CC2)n1. The summed E-state index contributed by atoms with van der Waals surface area (Å²) >= 11 is 0. The van der Waals surface area contributed by atoms with E-state index >= 15 is 0 Å². The minimum Gasteiger partial charge on any atom is -0.393 e. The summed E-state index contributed by atoms with van der Waals surface area (Å²) in [7, 11) is 0. The Bertz CT molecular complexity index is 337. The number of aliphatic hydroxyl groups excluding tert-OH is 1. The second-order valence-electron chi connectivity index (χ2n) is 3.99. The molecule has 88 valence electrons. The van der Waals surface area contributed by atoms with E-state index in [-0.39, 0.29) is 6.10 Å². The van der Waals surface area contributed by atoms with E-state index in [1.54, 1.807) is 6.20 Å². The van der Waals surface area contributed by atoms with Crippen LogP contribution < -0.4 is 10.2 Å². The van der Waals surface area contributed by atoms with Crippen LogP contribution in [0.2, 0.25) is 0 Å². The summed E-state index contributed by atoms with van der Waals surface area (Å²) in [5, 5.41) is 12.5. The Balaban J connectivity index is 2.05. The minimum absolute atomic E-state index is 0.147. The smallest absolute Gasteiger partial charge is 0.224 e. The van der Waals surface area contributed by atoms with Crippen LogP contribution >= 0.6 is 0 Å². The fourth-order valence-electron chi connectivity index (χ4n) is 1.86. The molecule has 0 spiro atoms. The van der Waals surface area contributed by atoms with Crippen LogP contribution in [0.3, 0.4) is 0 Å². The molecule has 0 atom stereocenters. The molecule has 1 fully saturated rings. The highest BCUT2D eigenvalue weighted by Gasteiger charge is 2.18. The van der Waals surface area contributed by atoms with Gasteiger partial charge >= 0.3 is 0 Å². The normalized spacial score (nSPS) is 17.5. The molecule has 5 heteroatoms. The molecule has 1 aromatic heterocycles. The molecule has 1 aliphatic rings. The number of nitrogens with one attached hydrogen (secondary N) is 1. The number of hydrogen-bond acceptors (Lipinski definition) is 5. The molecule has 1 aliphatic heterocycles. The van der Waals surface area contributed by atoms with E-state index in [9.17, 15) is 5.11 Å². The van der Waals surface area contributed by atoms with Gasteiger partial charge in [0.1, 0.15) is 5.82 Å². The lowest BCUT2D eigenvalue weighted by atomic mass is 10.1. The van der Waals surface area contributed by atoms with Gasteiger partial charge in [0.15, 0.2) is 0 Å². The van der Waals surface area contributed by atoms with E-state index in [0.717, 1.165) is 38.3 Å². The molecule has 16 heavy (non-hydrogen) atoms. The summed E-state index contributed by atoms with van der Waals surface area (Å²) < 4.78 is 0. The zero-order valence-electron chi connectivity index (χ0n) is 9.56. The molecule has 0 aromatic carbocycles. The lowest BCUT2D eigenvalue weighted by Gasteiger charge is -2.30. The average Bonchev–Trinajstić information content (AvgIpc) is 2.31. The van der Waals surface area contributed by atoms with Gasteiger partial charge in [0, 0.05) is 25.8 Å². The van der Waals surface area contributed by atoms with E-state index in [0.29, 0.717) is 5.95 Å². The van der Waals surface area contributed by atoms with Gasteiger partial charge in [-0.3, -0.25) is 0 Å². The maximum atomic E-state index is 9.44. The van der Waals surface area contributed by atoms with Crippen LogP contribution in [0.25, 0.3) is 0 Å². The number of aromatic nitrogens is 2. The molecule has 1 aromatic rings. The molecule has 0 radical (unpaired) electrons. The van der Waals surface area contributed by atoms with Crippen LogP contribution in [-0.4, -0.2) is 40.8 Å². The lowest BCUT2D eigenvalue weighted by Crippen LogP contribution is -2.36. The standard InChI is InChI=1S/C11H18N4O/c1-2-12-11-13-6-3-10(14-11)15-7-4-9(16)5-8-15/h3,6,9,16H,2,4-5,7-8H2,1H3,(H,12,13,14). The van der Waals surface area contributed by atoms with E-state index in [4.69, 9.17) is 0 Å². The molecule has 2 heterocycles. The van der Waals surface area contributed by atoms with Crippen molar-refractivity contribution < 1.29 is 5.11 Å². The zero-order chi connectivity index (χ0) is 11.4. The van der Waals surface area contributed by atoms with Crippen molar-refractivity contribution in [2.24, 2.45) is 0 Å². The maximum Gasteiger partial charge on any atom is 0.224 e. The molecule has 0 saturated carbocycles. The van der Waals surface area contributed by atoms with Crippen molar-refractivity contribution >= 4 is 11.8 Å². The van der Waals surface area contributed by atoms with Gasteiger partial charge in [-0.15, -0.1) is 0 Å². The summed E-state index contributed by atoms with van der Waals surface area (Å²) in [4.78, 5) is 10.8. The van der Waals surface area contributed by atoms with Crippen molar-refractivity contribution in [3.8, 4) is 0 Å². The quantitative estimate of drug-likeness (QED) is 0.794. The van der Waals surface area contributed by atoms with Gasteiger partial charge < -0.3 is 15.3 Å². The van der Waals surface area contributed by atoms with Crippen molar-refractivity contribution in [1.29, 1.82) is 0 Å². The largest absolute Gasteiger partial charge is 0.393 e. The van der Waals surface area contributed by atoms with Crippen molar-refractivity contribution in [2.75, 3.05) is 29.9 Å². The van der Waals surface area contributed by atoms with Crippen LogP contribution in [0.4, 0.5) is 11.8 Å². The Labute approximate surface area is 95.5 Å². The Morgan fingerprint density at radius 2 is 2.25 bits per heavy atom. The zero-order valence-corrected chi connectivity index (χ0v) is 9.56. The van der Waals surface area contributed by atoms with Gasteiger partial charge in [-0.2, -0.15) is 4.98 Å². The molecular weight excluding hydrogens is 204 g/mol. The number of nitrogens with zero attached hydrogens (tertiary/aromatic N) is 3.